The summed E-state index contributed by atoms with van der Waals surface area (Å²) in [6.45, 7) is 0.877. The number of rotatable bonds is 4. The molecule has 1 aromatic rings. The third-order valence-electron chi connectivity index (χ3n) is 5.24. The number of carbonyl (C=O) groups excluding carboxylic acids is 1. The normalized spacial score (nSPS) is 30.7. The van der Waals surface area contributed by atoms with Crippen LogP contribution in [0.1, 0.15) is 30.7 Å². The minimum Gasteiger partial charge on any atom is -0.469 e. The van der Waals surface area contributed by atoms with E-state index in [0.29, 0.717) is 6.04 Å². The first-order valence-electron chi connectivity index (χ1n) is 8.00. The van der Waals surface area contributed by atoms with E-state index in [1.54, 1.807) is 0 Å². The molecule has 0 spiro atoms. The Kier molecular flexibility index (Phi) is 5.36. The third-order valence-corrected chi connectivity index (χ3v) is 5.75. The summed E-state index contributed by atoms with van der Waals surface area (Å²) in [7, 11) is 1.46. The van der Waals surface area contributed by atoms with E-state index in [-0.39, 0.29) is 29.7 Å². The van der Waals surface area contributed by atoms with Crippen molar-refractivity contribution in [2.75, 3.05) is 13.7 Å². The minimum absolute atomic E-state index is 0.111. The van der Waals surface area contributed by atoms with Crippen molar-refractivity contribution in [1.29, 1.82) is 0 Å². The fourth-order valence-corrected chi connectivity index (χ4v) is 4.50. The Labute approximate surface area is 150 Å². The molecule has 3 nitrogen and oxygen atoms in total. The van der Waals surface area contributed by atoms with Gasteiger partial charge in [0.1, 0.15) is 5.82 Å². The second-order valence-corrected chi connectivity index (χ2v) is 7.02. The largest absolute Gasteiger partial charge is 0.469 e. The first kappa shape index (κ1) is 16.9. The van der Waals surface area contributed by atoms with Crippen molar-refractivity contribution < 1.29 is 13.9 Å². The lowest BCUT2D eigenvalue weighted by Crippen LogP contribution is -2.50. The quantitative estimate of drug-likeness (QED) is 0.538. The molecular formula is C18H21FINO2. The highest BCUT2D eigenvalue weighted by molar-refractivity contribution is 14.1. The zero-order valence-electron chi connectivity index (χ0n) is 13.1. The number of benzene rings is 1. The van der Waals surface area contributed by atoms with E-state index >= 15 is 0 Å². The molecule has 2 aliphatic rings. The van der Waals surface area contributed by atoms with Gasteiger partial charge in [-0.15, -0.1) is 0 Å². The van der Waals surface area contributed by atoms with E-state index in [1.807, 2.05) is 16.2 Å². The molecule has 2 fully saturated rings. The average Bonchev–Trinajstić information content (AvgIpc) is 2.84. The van der Waals surface area contributed by atoms with Crippen molar-refractivity contribution in [2.24, 2.45) is 5.92 Å². The van der Waals surface area contributed by atoms with Crippen LogP contribution >= 0.6 is 22.6 Å². The molecule has 0 radical (unpaired) electrons. The van der Waals surface area contributed by atoms with Crippen LogP contribution in [0.25, 0.3) is 0 Å². The molecule has 0 saturated carbocycles. The number of fused-ring (bicyclic) bond motifs is 2. The molecule has 2 heterocycles. The third kappa shape index (κ3) is 3.31. The van der Waals surface area contributed by atoms with Gasteiger partial charge in [0.25, 0.3) is 0 Å². The standard InChI is InChI=1S/C18H21FINO2/c1-23-18(22)17-15(12-3-5-13(19)6-4-12)11-14-7-8-16(17)21(14)10-2-9-20/h2-6,9,14-17H,7-8,10-11H2,1H3/t14-,15+,16+,17-/m0/s1. The summed E-state index contributed by atoms with van der Waals surface area (Å²) >= 11 is 2.23. The predicted octanol–water partition coefficient (Wildman–Crippen LogP) is 3.88. The van der Waals surface area contributed by atoms with Crippen LogP contribution in [0.3, 0.4) is 0 Å². The van der Waals surface area contributed by atoms with Gasteiger partial charge in [0.15, 0.2) is 0 Å². The molecule has 23 heavy (non-hydrogen) atoms. The maximum absolute atomic E-state index is 13.2. The van der Waals surface area contributed by atoms with Gasteiger partial charge < -0.3 is 4.74 Å². The highest BCUT2D eigenvalue weighted by Gasteiger charge is 2.50. The van der Waals surface area contributed by atoms with E-state index < -0.39 is 0 Å². The second kappa shape index (κ2) is 7.30. The van der Waals surface area contributed by atoms with E-state index in [0.717, 1.165) is 31.4 Å². The van der Waals surface area contributed by atoms with Crippen molar-refractivity contribution in [3.63, 3.8) is 0 Å². The number of hydrogen-bond donors (Lipinski definition) is 0. The Bertz CT molecular complexity index is 589. The van der Waals surface area contributed by atoms with Crippen LogP contribution < -0.4 is 0 Å². The molecule has 124 valence electrons. The molecule has 0 aliphatic carbocycles. The van der Waals surface area contributed by atoms with Crippen molar-refractivity contribution in [2.45, 2.75) is 37.3 Å². The second-order valence-electron chi connectivity index (χ2n) is 6.30. The smallest absolute Gasteiger partial charge is 0.310 e. The maximum atomic E-state index is 13.2. The SMILES string of the molecule is COC(=O)[C@H]1[C@@H](c2ccc(F)cc2)C[C@@H]2CC[C@H]1N2CC=CI. The van der Waals surface area contributed by atoms with Crippen LogP contribution in [0.15, 0.2) is 34.4 Å². The topological polar surface area (TPSA) is 29.5 Å². The van der Waals surface area contributed by atoms with Crippen molar-refractivity contribution in [3.05, 3.63) is 45.8 Å². The summed E-state index contributed by atoms with van der Waals surface area (Å²) in [6, 6.07) is 7.30. The number of carbonyl (C=O) groups is 1. The number of ether oxygens (including phenoxy) is 1. The van der Waals surface area contributed by atoms with E-state index in [1.165, 1.54) is 19.2 Å². The molecule has 0 amide bonds. The minimum atomic E-state index is -0.240. The van der Waals surface area contributed by atoms with Gasteiger partial charge in [-0.2, -0.15) is 0 Å². The Morgan fingerprint density at radius 1 is 1.39 bits per heavy atom. The summed E-state index contributed by atoms with van der Waals surface area (Å²) in [4.78, 5) is 14.9. The van der Waals surface area contributed by atoms with Gasteiger partial charge in [-0.05, 0) is 41.0 Å². The summed E-state index contributed by atoms with van der Waals surface area (Å²) < 4.78 is 20.4. The van der Waals surface area contributed by atoms with Gasteiger partial charge in [0, 0.05) is 24.5 Å². The van der Waals surface area contributed by atoms with Crippen LogP contribution in [0, 0.1) is 11.7 Å². The zero-order chi connectivity index (χ0) is 16.4. The number of hydrogen-bond acceptors (Lipinski definition) is 3. The van der Waals surface area contributed by atoms with Gasteiger partial charge in [-0.1, -0.05) is 40.8 Å². The van der Waals surface area contributed by atoms with E-state index in [2.05, 4.69) is 33.6 Å². The van der Waals surface area contributed by atoms with Crippen LogP contribution in [-0.2, 0) is 9.53 Å². The Morgan fingerprint density at radius 3 is 2.78 bits per heavy atom. The predicted molar refractivity (Wildman–Crippen MR) is 95.9 cm³/mol. The molecular weight excluding hydrogens is 408 g/mol. The summed E-state index contributed by atoms with van der Waals surface area (Å²) in [6.07, 6.45) is 5.21. The molecule has 4 atom stereocenters. The first-order chi connectivity index (χ1) is 11.2. The lowest BCUT2D eigenvalue weighted by atomic mass is 9.76. The Hall–Kier alpha value is -0.950. The molecule has 0 N–H and O–H groups in total. The average molecular weight is 429 g/mol. The Morgan fingerprint density at radius 2 is 2.13 bits per heavy atom. The van der Waals surface area contributed by atoms with Crippen LogP contribution in [0.4, 0.5) is 4.39 Å². The fraction of sp³-hybridized carbons (Fsp3) is 0.500. The Balaban J connectivity index is 1.91. The number of halogens is 2. The number of piperidine rings is 1. The molecule has 5 heteroatoms. The highest BCUT2D eigenvalue weighted by Crippen LogP contribution is 2.47. The van der Waals surface area contributed by atoms with Crippen molar-refractivity contribution in [1.82, 2.24) is 4.90 Å². The molecule has 3 rings (SSSR count). The van der Waals surface area contributed by atoms with Crippen molar-refractivity contribution in [3.8, 4) is 0 Å². The van der Waals surface area contributed by atoms with Gasteiger partial charge in [0.2, 0.25) is 0 Å². The van der Waals surface area contributed by atoms with Gasteiger partial charge in [-0.25, -0.2) is 4.39 Å². The van der Waals surface area contributed by atoms with Crippen LogP contribution in [0.5, 0.6) is 0 Å². The van der Waals surface area contributed by atoms with Crippen LogP contribution in [0.2, 0.25) is 0 Å². The van der Waals surface area contributed by atoms with Crippen molar-refractivity contribution >= 4 is 28.6 Å². The molecule has 2 bridgehead atoms. The highest BCUT2D eigenvalue weighted by atomic mass is 127. The van der Waals surface area contributed by atoms with E-state index in [4.69, 9.17) is 4.74 Å². The lowest BCUT2D eigenvalue weighted by molar-refractivity contribution is -0.150. The summed E-state index contributed by atoms with van der Waals surface area (Å²) in [5.74, 6) is -0.448. The van der Waals surface area contributed by atoms with Crippen LogP contribution in [-0.4, -0.2) is 36.6 Å². The molecule has 2 saturated heterocycles. The van der Waals surface area contributed by atoms with E-state index in [9.17, 15) is 9.18 Å². The molecule has 1 aromatic carbocycles. The first-order valence-corrected chi connectivity index (χ1v) is 9.24. The fourth-order valence-electron chi connectivity index (χ4n) is 4.27. The van der Waals surface area contributed by atoms with Gasteiger partial charge in [0.05, 0.1) is 13.0 Å². The number of esters is 1. The monoisotopic (exact) mass is 429 g/mol. The van der Waals surface area contributed by atoms with Gasteiger partial charge >= 0.3 is 5.97 Å². The zero-order valence-corrected chi connectivity index (χ0v) is 15.3. The summed E-state index contributed by atoms with van der Waals surface area (Å²) in [5.41, 5.74) is 1.04. The van der Waals surface area contributed by atoms with Gasteiger partial charge in [-0.3, -0.25) is 9.69 Å². The summed E-state index contributed by atoms with van der Waals surface area (Å²) in [5, 5.41) is 0. The maximum Gasteiger partial charge on any atom is 0.310 e. The number of methoxy groups -OCH3 is 1. The molecule has 0 aromatic heterocycles. The lowest BCUT2D eigenvalue weighted by Gasteiger charge is -2.43. The molecule has 0 unspecified atom stereocenters. The number of nitrogens with zero attached hydrogens (tertiary/aromatic N) is 1. The molecule has 2 aliphatic heterocycles.